The average Bonchev–Trinajstić information content (AvgIpc) is 2.47. The van der Waals surface area contributed by atoms with E-state index in [9.17, 15) is 4.79 Å². The molecule has 0 aliphatic carbocycles. The molecule has 0 aliphatic heterocycles. The maximum Gasteiger partial charge on any atom is 0.274 e. The lowest BCUT2D eigenvalue weighted by atomic mass is 10.2. The fraction of sp³-hybridized carbons (Fsp3) is 0.353. The predicted octanol–water partition coefficient (Wildman–Crippen LogP) is 4.18. The van der Waals surface area contributed by atoms with Crippen LogP contribution in [0.4, 0.5) is 11.6 Å². The van der Waals surface area contributed by atoms with E-state index >= 15 is 0 Å². The number of carbonyl (C=O) groups is 1. The highest BCUT2D eigenvalue weighted by Gasteiger charge is 2.12. The molecule has 2 N–H and O–H groups in total. The minimum Gasteiger partial charge on any atom is -0.354 e. The van der Waals surface area contributed by atoms with Crippen molar-refractivity contribution in [1.29, 1.82) is 0 Å². The van der Waals surface area contributed by atoms with Gasteiger partial charge in [-0.25, -0.2) is 9.97 Å². The largest absolute Gasteiger partial charge is 0.354 e. The second-order valence-electron chi connectivity index (χ2n) is 5.93. The molecule has 0 radical (unpaired) electrons. The molecule has 0 atom stereocenters. The predicted molar refractivity (Wildman–Crippen MR) is 96.9 cm³/mol. The third-order valence-electron chi connectivity index (χ3n) is 3.13. The molecular formula is C17H21BrN4O. The molecular weight excluding hydrogens is 356 g/mol. The number of halogens is 1. The first-order valence-electron chi connectivity index (χ1n) is 7.52. The summed E-state index contributed by atoms with van der Waals surface area (Å²) in [7, 11) is 0. The summed E-state index contributed by atoms with van der Waals surface area (Å²) in [5.74, 6) is 0.694. The number of hydrogen-bond donors (Lipinski definition) is 2. The van der Waals surface area contributed by atoms with Crippen molar-refractivity contribution in [2.24, 2.45) is 5.92 Å². The zero-order valence-corrected chi connectivity index (χ0v) is 15.4. The Kier molecular flexibility index (Phi) is 5.71. The van der Waals surface area contributed by atoms with Crippen LogP contribution in [0, 0.1) is 19.8 Å². The van der Waals surface area contributed by atoms with Crippen molar-refractivity contribution in [2.45, 2.75) is 27.7 Å². The molecule has 1 heterocycles. The lowest BCUT2D eigenvalue weighted by Gasteiger charge is -2.11. The maximum atomic E-state index is 12.4. The van der Waals surface area contributed by atoms with Crippen LogP contribution in [0.15, 0.2) is 28.7 Å². The van der Waals surface area contributed by atoms with E-state index in [0.29, 0.717) is 23.2 Å². The van der Waals surface area contributed by atoms with Crippen LogP contribution in [0.1, 0.15) is 35.6 Å². The third kappa shape index (κ3) is 5.03. The Balaban J connectivity index is 2.18. The van der Waals surface area contributed by atoms with E-state index in [2.05, 4.69) is 50.4 Å². The molecule has 2 rings (SSSR count). The summed E-state index contributed by atoms with van der Waals surface area (Å²) < 4.78 is 0.842. The lowest BCUT2D eigenvalue weighted by Crippen LogP contribution is -2.17. The van der Waals surface area contributed by atoms with Gasteiger partial charge in [-0.05, 0) is 59.5 Å². The van der Waals surface area contributed by atoms with Gasteiger partial charge in [0.05, 0.1) is 5.69 Å². The molecule has 0 saturated carbocycles. The molecule has 1 amide bonds. The minimum atomic E-state index is -0.257. The van der Waals surface area contributed by atoms with Crippen molar-refractivity contribution in [1.82, 2.24) is 9.97 Å². The summed E-state index contributed by atoms with van der Waals surface area (Å²) in [6.45, 7) is 8.81. The molecule has 5 nitrogen and oxygen atoms in total. The quantitative estimate of drug-likeness (QED) is 0.821. The Morgan fingerprint density at radius 1 is 1.22 bits per heavy atom. The van der Waals surface area contributed by atoms with Crippen LogP contribution < -0.4 is 10.6 Å². The molecule has 1 aromatic carbocycles. The highest BCUT2D eigenvalue weighted by Crippen LogP contribution is 2.23. The number of nitrogens with one attached hydrogen (secondary N) is 2. The molecule has 2 aromatic rings. The van der Waals surface area contributed by atoms with E-state index < -0.39 is 0 Å². The number of anilines is 2. The second kappa shape index (κ2) is 7.55. The molecule has 1 aromatic heterocycles. The molecule has 122 valence electrons. The Labute approximate surface area is 145 Å². The first kappa shape index (κ1) is 17.4. The van der Waals surface area contributed by atoms with Crippen molar-refractivity contribution in [2.75, 3.05) is 17.2 Å². The first-order chi connectivity index (χ1) is 10.8. The summed E-state index contributed by atoms with van der Waals surface area (Å²) in [6, 6.07) is 7.44. The van der Waals surface area contributed by atoms with Crippen LogP contribution in [-0.4, -0.2) is 22.4 Å². The van der Waals surface area contributed by atoms with E-state index in [4.69, 9.17) is 0 Å². The smallest absolute Gasteiger partial charge is 0.274 e. The van der Waals surface area contributed by atoms with Crippen molar-refractivity contribution in [3.05, 3.63) is 45.7 Å². The van der Waals surface area contributed by atoms with Crippen LogP contribution >= 0.6 is 15.9 Å². The maximum absolute atomic E-state index is 12.4. The minimum absolute atomic E-state index is 0.257. The van der Waals surface area contributed by atoms with Gasteiger partial charge in [-0.1, -0.05) is 19.9 Å². The monoisotopic (exact) mass is 376 g/mol. The zero-order valence-electron chi connectivity index (χ0n) is 13.8. The number of benzene rings is 1. The Morgan fingerprint density at radius 2 is 1.96 bits per heavy atom. The number of rotatable bonds is 5. The number of carbonyl (C=O) groups excluding carboxylic acids is 1. The van der Waals surface area contributed by atoms with E-state index in [1.807, 2.05) is 32.0 Å². The standard InChI is InChI=1S/C17H21BrN4O/c1-10(2)9-19-17-20-12(4)8-15(22-17)16(23)21-14-6-5-11(3)7-13(14)18/h5-8,10H,9H2,1-4H3,(H,21,23)(H,19,20,22). The van der Waals surface area contributed by atoms with Gasteiger partial charge in [-0.3, -0.25) is 4.79 Å². The van der Waals surface area contributed by atoms with Gasteiger partial charge in [0, 0.05) is 16.7 Å². The number of aromatic nitrogens is 2. The van der Waals surface area contributed by atoms with Gasteiger partial charge in [0.15, 0.2) is 0 Å². The van der Waals surface area contributed by atoms with E-state index in [1.165, 1.54) is 0 Å². The van der Waals surface area contributed by atoms with E-state index in [1.54, 1.807) is 6.07 Å². The number of nitrogens with zero attached hydrogens (tertiary/aromatic N) is 2. The summed E-state index contributed by atoms with van der Waals surface area (Å²) in [5.41, 5.74) is 2.93. The van der Waals surface area contributed by atoms with E-state index in [0.717, 1.165) is 22.3 Å². The molecule has 0 aliphatic rings. The highest BCUT2D eigenvalue weighted by atomic mass is 79.9. The zero-order chi connectivity index (χ0) is 17.0. The van der Waals surface area contributed by atoms with Gasteiger partial charge in [-0.2, -0.15) is 0 Å². The SMILES string of the molecule is Cc1ccc(NC(=O)c2cc(C)nc(NCC(C)C)n2)c(Br)c1. The van der Waals surface area contributed by atoms with Gasteiger partial charge in [0.1, 0.15) is 5.69 Å². The Hall–Kier alpha value is -1.95. The molecule has 6 heteroatoms. The number of aryl methyl sites for hydroxylation is 2. The summed E-state index contributed by atoms with van der Waals surface area (Å²) >= 11 is 3.46. The van der Waals surface area contributed by atoms with Crippen molar-refractivity contribution >= 4 is 33.5 Å². The molecule has 0 spiro atoms. The Bertz CT molecular complexity index is 716. The topological polar surface area (TPSA) is 66.9 Å². The highest BCUT2D eigenvalue weighted by molar-refractivity contribution is 9.10. The fourth-order valence-electron chi connectivity index (χ4n) is 1.97. The summed E-state index contributed by atoms with van der Waals surface area (Å²) in [4.78, 5) is 21.1. The van der Waals surface area contributed by atoms with Crippen LogP contribution in [-0.2, 0) is 0 Å². The second-order valence-corrected chi connectivity index (χ2v) is 6.78. The molecule has 23 heavy (non-hydrogen) atoms. The van der Waals surface area contributed by atoms with E-state index in [-0.39, 0.29) is 5.91 Å². The first-order valence-corrected chi connectivity index (χ1v) is 8.31. The van der Waals surface area contributed by atoms with Gasteiger partial charge in [0.2, 0.25) is 5.95 Å². The van der Waals surface area contributed by atoms with Gasteiger partial charge < -0.3 is 10.6 Å². The molecule has 0 bridgehead atoms. The molecule has 0 saturated heterocycles. The van der Waals surface area contributed by atoms with Crippen LogP contribution in [0.2, 0.25) is 0 Å². The van der Waals surface area contributed by atoms with Crippen LogP contribution in [0.25, 0.3) is 0 Å². The Morgan fingerprint density at radius 3 is 2.61 bits per heavy atom. The van der Waals surface area contributed by atoms with Gasteiger partial charge >= 0.3 is 0 Å². The lowest BCUT2D eigenvalue weighted by molar-refractivity contribution is 0.102. The average molecular weight is 377 g/mol. The summed E-state index contributed by atoms with van der Waals surface area (Å²) in [6.07, 6.45) is 0. The number of hydrogen-bond acceptors (Lipinski definition) is 4. The van der Waals surface area contributed by atoms with Gasteiger partial charge in [0.25, 0.3) is 5.91 Å². The normalized spacial score (nSPS) is 10.7. The fourth-order valence-corrected chi connectivity index (χ4v) is 2.56. The summed E-state index contributed by atoms with van der Waals surface area (Å²) in [5, 5.41) is 6.02. The van der Waals surface area contributed by atoms with Gasteiger partial charge in [-0.15, -0.1) is 0 Å². The van der Waals surface area contributed by atoms with Crippen molar-refractivity contribution in [3.63, 3.8) is 0 Å². The van der Waals surface area contributed by atoms with Crippen LogP contribution in [0.5, 0.6) is 0 Å². The molecule has 0 unspecified atom stereocenters. The molecule has 0 fully saturated rings. The van der Waals surface area contributed by atoms with Crippen molar-refractivity contribution < 1.29 is 4.79 Å². The van der Waals surface area contributed by atoms with Crippen LogP contribution in [0.3, 0.4) is 0 Å². The third-order valence-corrected chi connectivity index (χ3v) is 3.78. The number of amides is 1. The van der Waals surface area contributed by atoms with Crippen molar-refractivity contribution in [3.8, 4) is 0 Å².